The third kappa shape index (κ3) is 5.09. The van der Waals surface area contributed by atoms with E-state index in [0.29, 0.717) is 55.1 Å². The summed E-state index contributed by atoms with van der Waals surface area (Å²) in [4.78, 5) is 19.0. The molecule has 0 bridgehead atoms. The smallest absolute Gasteiger partial charge is 0.262 e. The zero-order valence-corrected chi connectivity index (χ0v) is 27.5. The quantitative estimate of drug-likeness (QED) is 0.305. The molecule has 0 radical (unpaired) electrons. The molecule has 0 unspecified atom stereocenters. The van der Waals surface area contributed by atoms with Crippen LogP contribution in [0.15, 0.2) is 4.90 Å². The molecule has 0 aliphatic rings. The lowest BCUT2D eigenvalue weighted by Gasteiger charge is -2.29. The maximum absolute atomic E-state index is 14.4. The van der Waals surface area contributed by atoms with Gasteiger partial charge in [0.15, 0.2) is 5.78 Å². The summed E-state index contributed by atoms with van der Waals surface area (Å²) in [6.45, 7) is 20.6. The Morgan fingerprint density at radius 2 is 1.20 bits per heavy atom. The van der Waals surface area contributed by atoms with E-state index in [1.54, 1.807) is 62.3 Å². The fourth-order valence-corrected chi connectivity index (χ4v) is 7.84. The van der Waals surface area contributed by atoms with E-state index in [2.05, 4.69) is 9.71 Å². The van der Waals surface area contributed by atoms with Crippen molar-refractivity contribution in [3.8, 4) is 0 Å². The Hall–Kier alpha value is -2.70. The number of anilines is 1. The van der Waals surface area contributed by atoms with Crippen molar-refractivity contribution in [2.45, 2.75) is 107 Å². The molecule has 0 aliphatic heterocycles. The van der Waals surface area contributed by atoms with Gasteiger partial charge in [0.2, 0.25) is 0 Å². The van der Waals surface area contributed by atoms with Gasteiger partial charge >= 0.3 is 0 Å². The van der Waals surface area contributed by atoms with Gasteiger partial charge in [0.25, 0.3) is 10.0 Å². The third-order valence-electron chi connectivity index (χ3n) is 8.53. The first kappa shape index (κ1) is 27.5. The van der Waals surface area contributed by atoms with E-state index >= 15 is 0 Å². The number of aromatic nitrogens is 1. The summed E-state index contributed by atoms with van der Waals surface area (Å²) in [6, 6.07) is 0. The second kappa shape index (κ2) is 10.6. The number of benzene rings is 2. The minimum atomic E-state index is -4.26. The fraction of sp³-hybridized carbons (Fsp3) is 0.455. The number of nitrogens with zero attached hydrogens (tertiary/aromatic N) is 1. The van der Waals surface area contributed by atoms with Crippen LogP contribution >= 0.6 is 11.6 Å². The molecule has 2 aromatic carbocycles. The molecule has 216 valence electrons. The average Bonchev–Trinajstić information content (AvgIpc) is 2.87. The largest absolute Gasteiger partial charge is 0.288 e. The molecule has 3 rings (SSSR count). The van der Waals surface area contributed by atoms with Gasteiger partial charge in [-0.15, -0.1) is 0 Å². The van der Waals surface area contributed by atoms with E-state index < -0.39 is 22.3 Å². The van der Waals surface area contributed by atoms with E-state index in [4.69, 9.17) is 15.7 Å². The molecular weight excluding hydrogens is 540 g/mol. The summed E-state index contributed by atoms with van der Waals surface area (Å²) in [6.07, 6.45) is 0. The fourth-order valence-electron chi connectivity index (χ4n) is 5.86. The van der Waals surface area contributed by atoms with Gasteiger partial charge < -0.3 is 0 Å². The number of carbonyl (C=O) groups is 1. The van der Waals surface area contributed by atoms with Crippen molar-refractivity contribution in [2.24, 2.45) is 0 Å². The topological polar surface area (TPSA) is 76.1 Å². The van der Waals surface area contributed by atoms with Crippen molar-refractivity contribution < 1.29 is 17.3 Å². The first-order valence-corrected chi connectivity index (χ1v) is 15.2. The summed E-state index contributed by atoms with van der Waals surface area (Å²) < 4.78 is 56.0. The zero-order valence-electron chi connectivity index (χ0n) is 29.0. The SMILES string of the molecule is [2H]C([2H])([2H])C(C)(C)c1c(C)c(C)c(S(=O)(=O)Nc2c(C)c(C)c(Cl)c(C)c2C(=O)c2c(C)c(C)nc(C)c2C)c(C)c1C. The molecule has 5 nitrogen and oxygen atoms in total. The monoisotopic (exact) mass is 585 g/mol. The van der Waals surface area contributed by atoms with Gasteiger partial charge in [0, 0.05) is 26.1 Å². The van der Waals surface area contributed by atoms with E-state index in [0.717, 1.165) is 22.5 Å². The van der Waals surface area contributed by atoms with Crippen LogP contribution < -0.4 is 4.72 Å². The van der Waals surface area contributed by atoms with Crippen LogP contribution in [0.3, 0.4) is 0 Å². The van der Waals surface area contributed by atoms with Gasteiger partial charge in [0.1, 0.15) is 0 Å². The number of hydrogen-bond acceptors (Lipinski definition) is 4. The van der Waals surface area contributed by atoms with Crippen molar-refractivity contribution in [2.75, 3.05) is 4.72 Å². The highest BCUT2D eigenvalue weighted by molar-refractivity contribution is 7.92. The first-order valence-electron chi connectivity index (χ1n) is 14.8. The number of halogens is 1. The molecule has 0 atom stereocenters. The number of sulfonamides is 1. The molecule has 0 aliphatic carbocycles. The van der Waals surface area contributed by atoms with E-state index in [1.807, 2.05) is 27.7 Å². The van der Waals surface area contributed by atoms with Crippen molar-refractivity contribution in [3.63, 3.8) is 0 Å². The second-order valence-corrected chi connectivity index (χ2v) is 13.6. The normalized spacial score (nSPS) is 13.6. The Balaban J connectivity index is 2.38. The standard InChI is InChI=1S/C33H43ClN2O3S/c1-15-19(5)32(20(6)16(2)28(15)33(12,13)14)40(38,39)36-30-18(4)17(3)29(34)23(9)27(30)31(37)26-21(7)24(10)35-25(11)22(26)8/h36H,1-14H3/i12D3. The maximum atomic E-state index is 14.4. The average molecular weight is 586 g/mol. The Kier molecular flexibility index (Phi) is 7.28. The Labute approximate surface area is 250 Å². The molecule has 1 heterocycles. The van der Waals surface area contributed by atoms with Crippen LogP contribution in [0.5, 0.6) is 0 Å². The predicted molar refractivity (Wildman–Crippen MR) is 167 cm³/mol. The molecule has 1 N–H and O–H groups in total. The number of rotatable bonds is 5. The van der Waals surface area contributed by atoms with Crippen molar-refractivity contribution in [3.05, 3.63) is 83.2 Å². The third-order valence-corrected chi connectivity index (χ3v) is 10.7. The van der Waals surface area contributed by atoms with Crippen molar-refractivity contribution in [1.82, 2.24) is 4.98 Å². The number of nitrogens with one attached hydrogen (secondary N) is 1. The number of pyridine rings is 1. The number of hydrogen-bond donors (Lipinski definition) is 1. The van der Waals surface area contributed by atoms with Crippen LogP contribution in [0.4, 0.5) is 5.69 Å². The van der Waals surface area contributed by atoms with Crippen molar-refractivity contribution >= 4 is 33.1 Å². The molecule has 0 saturated carbocycles. The molecule has 3 aromatic rings. The van der Waals surface area contributed by atoms with Crippen LogP contribution in [0.25, 0.3) is 0 Å². The molecule has 40 heavy (non-hydrogen) atoms. The van der Waals surface area contributed by atoms with Crippen LogP contribution in [-0.4, -0.2) is 19.2 Å². The van der Waals surface area contributed by atoms with Crippen LogP contribution in [0, 0.1) is 76.2 Å². The van der Waals surface area contributed by atoms with Gasteiger partial charge in [-0.1, -0.05) is 32.3 Å². The molecule has 1 aromatic heterocycles. The molecule has 0 amide bonds. The molecule has 0 saturated heterocycles. The lowest BCUT2D eigenvalue weighted by atomic mass is 9.78. The summed E-state index contributed by atoms with van der Waals surface area (Å²) >= 11 is 6.72. The lowest BCUT2D eigenvalue weighted by Crippen LogP contribution is -2.24. The zero-order chi connectivity index (χ0) is 33.3. The molecule has 0 fully saturated rings. The van der Waals surface area contributed by atoms with Gasteiger partial charge in [0.05, 0.1) is 16.1 Å². The lowest BCUT2D eigenvalue weighted by molar-refractivity contribution is 0.103. The molecular formula is C33H43ClN2O3S. The molecule has 0 spiro atoms. The van der Waals surface area contributed by atoms with Crippen LogP contribution in [0.1, 0.15) is 108 Å². The van der Waals surface area contributed by atoms with E-state index in [1.165, 1.54) is 0 Å². The van der Waals surface area contributed by atoms with E-state index in [9.17, 15) is 13.2 Å². The Morgan fingerprint density at radius 3 is 1.65 bits per heavy atom. The van der Waals surface area contributed by atoms with Crippen molar-refractivity contribution in [1.29, 1.82) is 0 Å². The Bertz CT molecular complexity index is 1750. The van der Waals surface area contributed by atoms with Crippen LogP contribution in [-0.2, 0) is 15.4 Å². The van der Waals surface area contributed by atoms with E-state index in [-0.39, 0.29) is 21.9 Å². The first-order chi connectivity index (χ1) is 19.4. The molecule has 7 heteroatoms. The predicted octanol–water partition coefficient (Wildman–Crippen LogP) is 8.46. The summed E-state index contributed by atoms with van der Waals surface area (Å²) in [5, 5.41) is 0.400. The van der Waals surface area contributed by atoms with Gasteiger partial charge in [-0.3, -0.25) is 14.5 Å². The highest BCUT2D eigenvalue weighted by Crippen LogP contribution is 2.41. The highest BCUT2D eigenvalue weighted by atomic mass is 35.5. The Morgan fingerprint density at radius 1 is 0.725 bits per heavy atom. The minimum absolute atomic E-state index is 0.0682. The summed E-state index contributed by atoms with van der Waals surface area (Å²) in [5.41, 5.74) is 6.97. The van der Waals surface area contributed by atoms with Gasteiger partial charge in [-0.2, -0.15) is 0 Å². The summed E-state index contributed by atoms with van der Waals surface area (Å²) in [7, 11) is -4.26. The van der Waals surface area contributed by atoms with Gasteiger partial charge in [-0.25, -0.2) is 8.42 Å². The van der Waals surface area contributed by atoms with Gasteiger partial charge in [-0.05, 0) is 137 Å². The number of ketones is 1. The highest BCUT2D eigenvalue weighted by Gasteiger charge is 2.32. The maximum Gasteiger partial charge on any atom is 0.262 e. The summed E-state index contributed by atoms with van der Waals surface area (Å²) in [5.74, 6) is -0.334. The minimum Gasteiger partial charge on any atom is -0.288 e. The number of aryl methyl sites for hydroxylation is 2. The van der Waals surface area contributed by atoms with Crippen LogP contribution in [0.2, 0.25) is 5.02 Å². The second-order valence-electron chi connectivity index (χ2n) is 11.6. The number of carbonyl (C=O) groups excluding carboxylic acids is 1.